The average molecular weight is 1950 g/mol. The van der Waals surface area contributed by atoms with Crippen LogP contribution in [0, 0.1) is 5.41 Å². The van der Waals surface area contributed by atoms with E-state index in [2.05, 4.69) is 42.5 Å². The Balaban J connectivity index is 1.80. The van der Waals surface area contributed by atoms with Crippen LogP contribution in [0.2, 0.25) is 0 Å². The van der Waals surface area contributed by atoms with Crippen LogP contribution in [0.4, 0.5) is 0 Å². The van der Waals surface area contributed by atoms with Crippen LogP contribution >= 0.6 is 0 Å². The lowest BCUT2D eigenvalue weighted by Crippen LogP contribution is -2.59. The van der Waals surface area contributed by atoms with Crippen LogP contribution < -0.4 is 83.4 Å². The summed E-state index contributed by atoms with van der Waals surface area (Å²) in [7, 11) is 0. The van der Waals surface area contributed by atoms with Gasteiger partial charge in [0.25, 0.3) is 0 Å². The molecule has 52 nitrogen and oxygen atoms in total. The summed E-state index contributed by atoms with van der Waals surface area (Å²) in [5, 5.41) is 127. The second-order valence-electron chi connectivity index (χ2n) is 35.5. The summed E-state index contributed by atoms with van der Waals surface area (Å²) >= 11 is 0. The number of β-amino-alcohol motifs (C(OH)–C–C–N with tert-alkyl or cyclic N) is 1. The van der Waals surface area contributed by atoms with E-state index in [1.165, 1.54) is 55.4 Å². The molecule has 0 saturated carbocycles. The zero-order valence-electron chi connectivity index (χ0n) is 80.3. The smallest absolute Gasteiger partial charge is 0.239 e. The molecule has 0 aromatic rings. The number of aliphatic hydroxyl groups is 1. The number of carbonyl (C=O) groups excluding carboxylic acids is 19. The summed E-state index contributed by atoms with van der Waals surface area (Å²) in [5.74, 6) is -17.5. The number of rotatable bonds is 48. The number of aliphatic carboxylic acids is 7. The molecule has 4 aliphatic rings. The van der Waals surface area contributed by atoms with E-state index in [1.54, 1.807) is 78.4 Å². The van der Waals surface area contributed by atoms with Crippen molar-refractivity contribution >= 4 is 112 Å². The molecule has 0 aliphatic carbocycles. The molecular formula is C85H142N24O28-8. The maximum Gasteiger partial charge on any atom is 0.239 e. The Morgan fingerprint density at radius 2 is 0.372 bits per heavy atom. The molecule has 8 amide bonds. The Morgan fingerprint density at radius 1 is 0.234 bits per heavy atom. The largest absolute Gasteiger partial charge is 0.830 e. The maximum atomic E-state index is 14.5. The molecule has 0 radical (unpaired) electrons. The summed E-state index contributed by atoms with van der Waals surface area (Å²) in [6.45, 7) is 4.25. The van der Waals surface area contributed by atoms with Gasteiger partial charge in [-0.15, -0.1) is 0 Å². The third kappa shape index (κ3) is 51.5. The number of nitrogens with one attached hydrogen (secondary N) is 8. The summed E-state index contributed by atoms with van der Waals surface area (Å²) < 4.78 is 0. The predicted octanol–water partition coefficient (Wildman–Crippen LogP) is -22.4. The van der Waals surface area contributed by atoms with Gasteiger partial charge in [-0.05, 0) is 61.7 Å². The van der Waals surface area contributed by atoms with Crippen LogP contribution in [0.5, 0.6) is 0 Å². The molecule has 0 spiro atoms. The Labute approximate surface area is 798 Å². The quantitative estimate of drug-likeness (QED) is 0.0255. The summed E-state index contributed by atoms with van der Waals surface area (Å²) in [6.07, 6.45) is -2.04. The Kier molecular flexibility index (Phi) is 55.4. The highest BCUT2D eigenvalue weighted by atomic mass is 16.5. The normalized spacial score (nSPS) is 19.5. The Hall–Kier alpha value is -9.99. The molecule has 137 heavy (non-hydrogen) atoms. The van der Waals surface area contributed by atoms with Gasteiger partial charge in [0.1, 0.15) is 23.1 Å². The number of aliphatic hydroxyl groups excluding tert-OH is 1. The number of carboxylic acid groups (broad SMARTS) is 7. The van der Waals surface area contributed by atoms with Crippen LogP contribution in [-0.2, 0) is 91.1 Å². The van der Waals surface area contributed by atoms with Crippen molar-refractivity contribution in [1.29, 1.82) is 0 Å². The van der Waals surface area contributed by atoms with Gasteiger partial charge in [-0.25, -0.2) is 0 Å². The fourth-order valence-electron chi connectivity index (χ4n) is 16.1. The molecule has 5 atom stereocenters. The molecule has 4 rings (SSSR count). The molecule has 0 aromatic heterocycles. The highest BCUT2D eigenvalue weighted by Crippen LogP contribution is 2.17. The summed E-state index contributed by atoms with van der Waals surface area (Å²) in [4.78, 5) is 275. The highest BCUT2D eigenvalue weighted by Gasteiger charge is 2.37. The van der Waals surface area contributed by atoms with Crippen molar-refractivity contribution in [3.63, 3.8) is 0 Å². The number of hydrogen-bond donors (Lipinski definition) is 9. The third-order valence-electron chi connectivity index (χ3n) is 24.2. The molecule has 1 unspecified atom stereocenters. The van der Waals surface area contributed by atoms with Crippen molar-refractivity contribution in [2.45, 2.75) is 85.8 Å². The molecule has 0 bridgehead atoms. The van der Waals surface area contributed by atoms with E-state index in [0.717, 1.165) is 0 Å². The van der Waals surface area contributed by atoms with E-state index in [4.69, 9.17) is 0 Å². The van der Waals surface area contributed by atoms with Crippen molar-refractivity contribution in [3.8, 4) is 0 Å². The summed E-state index contributed by atoms with van der Waals surface area (Å²) in [5.41, 5.74) is -1.87. The minimum absolute atomic E-state index is 0.00106. The molecule has 4 saturated heterocycles. The van der Waals surface area contributed by atoms with Crippen molar-refractivity contribution in [1.82, 2.24) is 121 Å². The van der Waals surface area contributed by atoms with Gasteiger partial charge in [-0.3, -0.25) is 136 Å². The number of Topliss-reactive ketones (excluding diaryl/α,β-unsaturated/α-hetero) is 4. The number of carboxylic acids is 7. The number of amides is 8. The lowest BCUT2D eigenvalue weighted by atomic mass is 9.86. The van der Waals surface area contributed by atoms with Crippen LogP contribution in [0.1, 0.15) is 55.4 Å². The van der Waals surface area contributed by atoms with Crippen molar-refractivity contribution in [2.24, 2.45) is 5.41 Å². The Bertz CT molecular complexity index is 3570. The topological polar surface area (TPSA) is 677 Å². The fraction of sp³-hybridized carbons (Fsp3) is 0.776. The molecule has 4 heterocycles. The minimum Gasteiger partial charge on any atom is -0.830 e. The van der Waals surface area contributed by atoms with Crippen LogP contribution in [0.25, 0.3) is 0 Å². The molecule has 778 valence electrons. The van der Waals surface area contributed by atoms with Crippen LogP contribution in [0.15, 0.2) is 0 Å². The fourth-order valence-corrected chi connectivity index (χ4v) is 16.1. The molecule has 9 N–H and O–H groups in total. The zero-order chi connectivity index (χ0) is 102. The molecule has 4 fully saturated rings. The number of carbonyl (C=O) groups is 19. The molecular weight excluding hydrogens is 1810 g/mol. The standard InChI is InChI=1S/C85H149N24O28/c1-61(110)45-94-9-17-98(49-73(118)119)25-33-106(34-26-99(18-10-94)50-74(120)121)65(5)81(134)86-41-69(114)90-57-85(58-91-70(115)42-87-82(135)66(6)107-35-27-100(51-75(122)123)19-11-95(46-62(2)111)12-20-101(28-36-107)52-76(124)125,59-92-71(116)43-88-83(136)67(7)108-37-29-102(53-77(126)127)21-13-96(47-63(3)112)14-22-103(30-38-108)54-78(128)129)60-93-72(117)44-89-84(137)68(8)109-39-31-104(55-79(130)131)23-15-97(48-64(4)113)16-24-105(32-40-109)56-80(132)133/h65-68,73,118H,9-60H2,1-8H3,(H,86,134)(H,87,135)(H,88,136)(H,89,137)(H,90,114)(H,91,115)(H,92,116)(H,93,117)(H,120,121)(H,122,123)(H,124,125)(H,126,127)(H,128,129)(H,130,131)(H,132,133)/q-1/p-7/t65-,66-,67-,68-,73?/m1/s1. The first-order chi connectivity index (χ1) is 64.6. The van der Waals surface area contributed by atoms with Gasteiger partial charge in [-0.2, -0.15) is 0 Å². The lowest BCUT2D eigenvalue weighted by molar-refractivity contribution is -0.483. The first-order valence-electron chi connectivity index (χ1n) is 46.2. The number of hydrogen-bond acceptors (Lipinski definition) is 44. The zero-order valence-corrected chi connectivity index (χ0v) is 80.3. The van der Waals surface area contributed by atoms with Gasteiger partial charge >= 0.3 is 0 Å². The second-order valence-corrected chi connectivity index (χ2v) is 35.5. The maximum absolute atomic E-state index is 14.5. The van der Waals surface area contributed by atoms with Gasteiger partial charge in [0.2, 0.25) is 47.3 Å². The summed E-state index contributed by atoms with van der Waals surface area (Å²) in [6, 6.07) is -4.47. The van der Waals surface area contributed by atoms with Crippen molar-refractivity contribution in [2.75, 3.05) is 340 Å². The van der Waals surface area contributed by atoms with Gasteiger partial charge in [-0.1, -0.05) is 0 Å². The number of ketones is 4. The number of nitrogens with zero attached hydrogens (tertiary/aromatic N) is 16. The van der Waals surface area contributed by atoms with E-state index in [-0.39, 0.29) is 265 Å². The van der Waals surface area contributed by atoms with E-state index in [9.17, 15) is 137 Å². The van der Waals surface area contributed by atoms with Crippen LogP contribution in [0.3, 0.4) is 0 Å². The van der Waals surface area contributed by atoms with Crippen LogP contribution in [-0.4, -0.2) is 566 Å². The van der Waals surface area contributed by atoms with E-state index in [0.29, 0.717) is 0 Å². The predicted molar refractivity (Wildman–Crippen MR) is 472 cm³/mol. The Morgan fingerprint density at radius 3 is 0.518 bits per heavy atom. The van der Waals surface area contributed by atoms with Gasteiger partial charge in [0.05, 0.1) is 118 Å². The van der Waals surface area contributed by atoms with Crippen molar-refractivity contribution < 1.29 is 137 Å². The van der Waals surface area contributed by atoms with E-state index >= 15 is 0 Å². The van der Waals surface area contributed by atoms with Gasteiger partial charge in [0, 0.05) is 293 Å². The highest BCUT2D eigenvalue weighted by molar-refractivity contribution is 5.90. The monoisotopic (exact) mass is 1950 g/mol. The molecule has 0 aromatic carbocycles. The minimum atomic E-state index is -2.04. The SMILES string of the molecule is CC(=O)CN1CCN(CC(=O)[O-])CCN([C@H](C)C(=O)NCC(=O)NCC(CNC(=O)CNC(=O)[C@@H](C)N2CCN(CC(=O)[O-])CCN(CC(C)=O)CCN(CC(=O)[O-])CC2)(CNC(=O)CNC(=O)[C@@H](C)N2CCN(CC(=O)[O-])CCN(CC(C)=O)CCN(CC(=O)[O-])CC2)CNC(=O)CNC(=O)[C@@H](C)N2CCN(CC(=O)[O-])CCN(CC(C)=O)CCN(CC([O-])O)CC2)CCN(CC(=O)[O-])CC1. The molecule has 4 aliphatic heterocycles. The third-order valence-corrected chi connectivity index (χ3v) is 24.2. The second kappa shape index (κ2) is 63.6. The first kappa shape index (κ1) is 119. The van der Waals surface area contributed by atoms with E-state index in [1.807, 2.05) is 0 Å². The lowest BCUT2D eigenvalue weighted by Gasteiger charge is -2.37. The average Bonchev–Trinajstić information content (AvgIpc) is 0.831. The van der Waals surface area contributed by atoms with E-state index < -0.39 is 223 Å². The molecule has 52 heteroatoms. The van der Waals surface area contributed by atoms with Gasteiger partial charge < -0.3 is 122 Å². The first-order valence-corrected chi connectivity index (χ1v) is 46.2. The van der Waals surface area contributed by atoms with Gasteiger partial charge in [0.15, 0.2) is 0 Å². The van der Waals surface area contributed by atoms with Crippen molar-refractivity contribution in [3.05, 3.63) is 0 Å².